The Hall–Kier alpha value is -1.24. The Balaban J connectivity index is 2.88. The second-order valence-corrected chi connectivity index (χ2v) is 8.07. The van der Waals surface area contributed by atoms with E-state index in [9.17, 15) is 0 Å². The van der Waals surface area contributed by atoms with Gasteiger partial charge in [-0.2, -0.15) is 0 Å². The van der Waals surface area contributed by atoms with Crippen molar-refractivity contribution in [2.75, 3.05) is 0 Å². The van der Waals surface area contributed by atoms with Gasteiger partial charge in [0.15, 0.2) is 0 Å². The maximum Gasteiger partial charge on any atom is 0.0981 e. The lowest BCUT2D eigenvalue weighted by molar-refractivity contribution is 0.0974. The Morgan fingerprint density at radius 3 is 2.09 bits per heavy atom. The standard InChI is InChI=1S/C22H34O/c1-12(2)19-10-14(5)15(6)21-17(8)16(7)18(9)23-11-20(13(3)4)22(19)21/h10-13,16-18H,1-9H3/b20-11-/t16-,17+,18-/m0/s1. The molecule has 0 saturated carbocycles. The van der Waals surface area contributed by atoms with Crippen molar-refractivity contribution in [3.8, 4) is 0 Å². The van der Waals surface area contributed by atoms with Crippen molar-refractivity contribution in [1.82, 2.24) is 0 Å². The van der Waals surface area contributed by atoms with Gasteiger partial charge in [-0.25, -0.2) is 0 Å². The van der Waals surface area contributed by atoms with Crippen molar-refractivity contribution in [3.05, 3.63) is 40.1 Å². The second-order valence-electron chi connectivity index (χ2n) is 8.07. The predicted octanol–water partition coefficient (Wildman–Crippen LogP) is 6.58. The van der Waals surface area contributed by atoms with Crippen molar-refractivity contribution < 1.29 is 4.74 Å². The molecule has 0 aromatic heterocycles. The molecule has 0 amide bonds. The largest absolute Gasteiger partial charge is 0.498 e. The van der Waals surface area contributed by atoms with Crippen LogP contribution in [0.25, 0.3) is 5.57 Å². The van der Waals surface area contributed by atoms with Crippen molar-refractivity contribution in [1.29, 1.82) is 0 Å². The van der Waals surface area contributed by atoms with Gasteiger partial charge in [-0.3, -0.25) is 0 Å². The van der Waals surface area contributed by atoms with Gasteiger partial charge in [-0.1, -0.05) is 47.6 Å². The Morgan fingerprint density at radius 2 is 1.57 bits per heavy atom. The molecule has 1 aromatic carbocycles. The smallest absolute Gasteiger partial charge is 0.0981 e. The first-order valence-electron chi connectivity index (χ1n) is 9.16. The second kappa shape index (κ2) is 6.71. The number of fused-ring (bicyclic) bond motifs is 1. The third-order valence-corrected chi connectivity index (χ3v) is 5.85. The summed E-state index contributed by atoms with van der Waals surface area (Å²) in [5.74, 6) is 1.98. The lowest BCUT2D eigenvalue weighted by atomic mass is 9.73. The monoisotopic (exact) mass is 314 g/mol. The quantitative estimate of drug-likeness (QED) is 0.599. The molecule has 0 unspecified atom stereocenters. The minimum absolute atomic E-state index is 0.245. The van der Waals surface area contributed by atoms with E-state index in [2.05, 4.69) is 74.6 Å². The number of aryl methyl sites for hydroxylation is 1. The summed E-state index contributed by atoms with van der Waals surface area (Å²) < 4.78 is 6.14. The van der Waals surface area contributed by atoms with Gasteiger partial charge in [0.1, 0.15) is 0 Å². The highest BCUT2D eigenvalue weighted by molar-refractivity contribution is 5.74. The first-order chi connectivity index (χ1) is 10.7. The Kier molecular flexibility index (Phi) is 5.28. The van der Waals surface area contributed by atoms with Crippen molar-refractivity contribution in [2.24, 2.45) is 11.8 Å². The van der Waals surface area contributed by atoms with Gasteiger partial charge >= 0.3 is 0 Å². The van der Waals surface area contributed by atoms with Crippen LogP contribution in [0, 0.1) is 25.7 Å². The first kappa shape index (κ1) is 18.1. The molecular formula is C22H34O. The topological polar surface area (TPSA) is 9.23 Å². The number of benzene rings is 1. The lowest BCUT2D eigenvalue weighted by Gasteiger charge is -2.35. The maximum atomic E-state index is 6.14. The highest BCUT2D eigenvalue weighted by Gasteiger charge is 2.31. The molecule has 1 aromatic rings. The molecule has 0 aliphatic carbocycles. The van der Waals surface area contributed by atoms with E-state index < -0.39 is 0 Å². The summed E-state index contributed by atoms with van der Waals surface area (Å²) in [4.78, 5) is 0. The molecule has 23 heavy (non-hydrogen) atoms. The van der Waals surface area contributed by atoms with Crippen molar-refractivity contribution >= 4 is 5.57 Å². The van der Waals surface area contributed by atoms with E-state index in [4.69, 9.17) is 4.74 Å². The maximum absolute atomic E-state index is 6.14. The highest BCUT2D eigenvalue weighted by atomic mass is 16.5. The van der Waals surface area contributed by atoms with Gasteiger partial charge in [0.05, 0.1) is 12.4 Å². The van der Waals surface area contributed by atoms with Gasteiger partial charge in [0.2, 0.25) is 0 Å². The molecular weight excluding hydrogens is 280 g/mol. The zero-order valence-electron chi connectivity index (χ0n) is 16.4. The average molecular weight is 315 g/mol. The average Bonchev–Trinajstić information content (AvgIpc) is 2.47. The number of ether oxygens (including phenoxy) is 1. The fourth-order valence-corrected chi connectivity index (χ4v) is 3.77. The van der Waals surface area contributed by atoms with Crippen LogP contribution < -0.4 is 0 Å². The molecule has 1 nitrogen and oxygen atoms in total. The molecule has 0 bridgehead atoms. The molecule has 0 saturated heterocycles. The Morgan fingerprint density at radius 1 is 0.957 bits per heavy atom. The third-order valence-electron chi connectivity index (χ3n) is 5.85. The van der Waals surface area contributed by atoms with E-state index in [1.165, 1.54) is 27.8 Å². The van der Waals surface area contributed by atoms with E-state index in [-0.39, 0.29) is 6.10 Å². The zero-order chi connectivity index (χ0) is 17.5. The van der Waals surface area contributed by atoms with Gasteiger partial charge < -0.3 is 4.74 Å². The Bertz CT molecular complexity index is 607. The summed E-state index contributed by atoms with van der Waals surface area (Å²) in [7, 11) is 0. The van der Waals surface area contributed by atoms with Gasteiger partial charge in [-0.05, 0) is 77.8 Å². The zero-order valence-corrected chi connectivity index (χ0v) is 16.4. The van der Waals surface area contributed by atoms with Crippen LogP contribution in [0.15, 0.2) is 12.3 Å². The molecule has 0 fully saturated rings. The van der Waals surface area contributed by atoms with E-state index >= 15 is 0 Å². The van der Waals surface area contributed by atoms with Crippen LogP contribution in [0.4, 0.5) is 0 Å². The van der Waals surface area contributed by atoms with Crippen LogP contribution in [0.1, 0.15) is 88.1 Å². The minimum Gasteiger partial charge on any atom is -0.498 e. The van der Waals surface area contributed by atoms with Crippen molar-refractivity contribution in [2.45, 2.75) is 80.3 Å². The van der Waals surface area contributed by atoms with Crippen molar-refractivity contribution in [3.63, 3.8) is 0 Å². The Labute approximate surface area is 143 Å². The molecule has 0 spiro atoms. The van der Waals surface area contributed by atoms with Crippen LogP contribution in [0.5, 0.6) is 0 Å². The number of allylic oxidation sites excluding steroid dienone is 1. The molecule has 2 rings (SSSR count). The first-order valence-corrected chi connectivity index (χ1v) is 9.16. The molecule has 1 heteroatoms. The number of hydrogen-bond acceptors (Lipinski definition) is 1. The van der Waals surface area contributed by atoms with Gasteiger partial charge in [0.25, 0.3) is 0 Å². The predicted molar refractivity (Wildman–Crippen MR) is 101 cm³/mol. The summed E-state index contributed by atoms with van der Waals surface area (Å²) in [6.07, 6.45) is 2.30. The third kappa shape index (κ3) is 3.20. The molecule has 128 valence electrons. The van der Waals surface area contributed by atoms with Crippen LogP contribution in [0.3, 0.4) is 0 Å². The number of hydrogen-bond donors (Lipinski definition) is 0. The summed E-state index contributed by atoms with van der Waals surface area (Å²) in [5, 5.41) is 0. The lowest BCUT2D eigenvalue weighted by Crippen LogP contribution is -2.26. The molecule has 1 heterocycles. The van der Waals surface area contributed by atoms with Crippen LogP contribution in [-0.4, -0.2) is 6.10 Å². The summed E-state index contributed by atoms with van der Waals surface area (Å²) in [6.45, 7) is 20.6. The highest BCUT2D eigenvalue weighted by Crippen LogP contribution is 2.43. The molecule has 0 radical (unpaired) electrons. The molecule has 3 atom stereocenters. The van der Waals surface area contributed by atoms with E-state index in [0.29, 0.717) is 23.7 Å². The molecule has 1 aliphatic rings. The molecule has 0 N–H and O–H groups in total. The fourth-order valence-electron chi connectivity index (χ4n) is 3.77. The van der Waals surface area contributed by atoms with Gasteiger partial charge in [0, 0.05) is 0 Å². The fraction of sp³-hybridized carbons (Fsp3) is 0.636. The van der Waals surface area contributed by atoms with Crippen LogP contribution in [-0.2, 0) is 4.74 Å². The minimum atomic E-state index is 0.245. The van der Waals surface area contributed by atoms with Gasteiger partial charge in [-0.15, -0.1) is 0 Å². The van der Waals surface area contributed by atoms with E-state index in [1.54, 1.807) is 5.56 Å². The van der Waals surface area contributed by atoms with Crippen LogP contribution in [0.2, 0.25) is 0 Å². The van der Waals surface area contributed by atoms with E-state index in [1.807, 2.05) is 0 Å². The summed E-state index contributed by atoms with van der Waals surface area (Å²) >= 11 is 0. The summed E-state index contributed by atoms with van der Waals surface area (Å²) in [5.41, 5.74) is 8.73. The summed E-state index contributed by atoms with van der Waals surface area (Å²) in [6, 6.07) is 2.40. The molecule has 1 aliphatic heterocycles. The van der Waals surface area contributed by atoms with Crippen LogP contribution >= 0.6 is 0 Å². The normalized spacial score (nSPS) is 27.1. The van der Waals surface area contributed by atoms with E-state index in [0.717, 1.165) is 0 Å². The SMILES string of the molecule is Cc1cc(C(C)C)c2c(c1C)[C@H](C)[C@H](C)[C@H](C)O/C=C\2C(C)C. The number of rotatable bonds is 2.